The molecule has 1 amide bonds. The van der Waals surface area contributed by atoms with Gasteiger partial charge < -0.3 is 9.80 Å². The fourth-order valence-electron chi connectivity index (χ4n) is 2.52. The molecule has 2 heterocycles. The number of benzene rings is 1. The highest BCUT2D eigenvalue weighted by Gasteiger charge is 2.26. The average molecular weight is 368 g/mol. The van der Waals surface area contributed by atoms with Crippen LogP contribution in [-0.2, 0) is 4.79 Å². The van der Waals surface area contributed by atoms with Crippen LogP contribution >= 0.6 is 34.7 Å². The number of aromatic nitrogens is 1. The lowest BCUT2D eigenvalue weighted by Crippen LogP contribution is -2.50. The Hall–Kier alpha value is -1.24. The Kier molecular flexibility index (Phi) is 5.46. The maximum absolute atomic E-state index is 12.6. The lowest BCUT2D eigenvalue weighted by atomic mass is 10.3. The quantitative estimate of drug-likeness (QED) is 0.773. The van der Waals surface area contributed by atoms with Crippen molar-refractivity contribution in [3.05, 3.63) is 40.9 Å². The van der Waals surface area contributed by atoms with E-state index in [0.29, 0.717) is 5.02 Å². The molecule has 1 aliphatic rings. The van der Waals surface area contributed by atoms with E-state index in [4.69, 9.17) is 11.6 Å². The number of halogens is 1. The second-order valence-corrected chi connectivity index (χ2v) is 8.06. The van der Waals surface area contributed by atoms with Crippen LogP contribution in [0.25, 0.3) is 0 Å². The zero-order chi connectivity index (χ0) is 16.2. The molecule has 0 unspecified atom stereocenters. The monoisotopic (exact) mass is 367 g/mol. The fourth-order valence-corrected chi connectivity index (χ4v) is 4.29. The van der Waals surface area contributed by atoms with E-state index in [1.165, 1.54) is 0 Å². The van der Waals surface area contributed by atoms with Crippen molar-refractivity contribution in [1.82, 2.24) is 9.88 Å². The third kappa shape index (κ3) is 4.19. The Morgan fingerprint density at radius 1 is 1.26 bits per heavy atom. The first kappa shape index (κ1) is 16.6. The second kappa shape index (κ2) is 7.55. The van der Waals surface area contributed by atoms with Crippen molar-refractivity contribution in [1.29, 1.82) is 0 Å². The topological polar surface area (TPSA) is 36.4 Å². The zero-order valence-electron chi connectivity index (χ0n) is 12.8. The lowest BCUT2D eigenvalue weighted by molar-refractivity contribution is -0.130. The molecule has 1 aromatic heterocycles. The number of hydrogen-bond donors (Lipinski definition) is 0. The van der Waals surface area contributed by atoms with Crippen LogP contribution in [0.1, 0.15) is 6.92 Å². The summed E-state index contributed by atoms with van der Waals surface area (Å²) in [6.07, 6.45) is 1.82. The Bertz CT molecular complexity index is 640. The minimum atomic E-state index is -0.0948. The van der Waals surface area contributed by atoms with Crippen molar-refractivity contribution in [2.24, 2.45) is 0 Å². The molecule has 1 aromatic carbocycles. The van der Waals surface area contributed by atoms with Gasteiger partial charge in [0.25, 0.3) is 0 Å². The molecule has 23 heavy (non-hydrogen) atoms. The molecule has 0 bridgehead atoms. The van der Waals surface area contributed by atoms with E-state index >= 15 is 0 Å². The Morgan fingerprint density at radius 2 is 1.96 bits per heavy atom. The molecule has 0 N–H and O–H groups in total. The summed E-state index contributed by atoms with van der Waals surface area (Å²) in [4.78, 5) is 22.2. The molecule has 122 valence electrons. The predicted molar refractivity (Wildman–Crippen MR) is 97.7 cm³/mol. The minimum Gasteiger partial charge on any atom is -0.345 e. The first-order chi connectivity index (χ1) is 11.1. The molecule has 1 saturated heterocycles. The van der Waals surface area contributed by atoms with Crippen molar-refractivity contribution < 1.29 is 4.79 Å². The van der Waals surface area contributed by atoms with E-state index in [2.05, 4.69) is 9.88 Å². The van der Waals surface area contributed by atoms with E-state index in [9.17, 15) is 4.79 Å². The van der Waals surface area contributed by atoms with Gasteiger partial charge in [0.15, 0.2) is 5.13 Å². The summed E-state index contributed by atoms with van der Waals surface area (Å²) < 4.78 is 0. The van der Waals surface area contributed by atoms with Gasteiger partial charge in [-0.05, 0) is 31.2 Å². The molecule has 1 aliphatic heterocycles. The number of rotatable bonds is 4. The van der Waals surface area contributed by atoms with Crippen molar-refractivity contribution in [3.8, 4) is 0 Å². The SMILES string of the molecule is C[C@@H](Sc1ccc(Cl)cc1)C(=O)N1CCN(c2nccs2)CC1. The first-order valence-corrected chi connectivity index (χ1v) is 9.62. The van der Waals surface area contributed by atoms with Crippen molar-refractivity contribution in [2.75, 3.05) is 31.1 Å². The zero-order valence-corrected chi connectivity index (χ0v) is 15.2. The number of thiazole rings is 1. The number of amides is 1. The first-order valence-electron chi connectivity index (χ1n) is 7.49. The third-order valence-electron chi connectivity index (χ3n) is 3.76. The van der Waals surface area contributed by atoms with Gasteiger partial charge in [-0.25, -0.2) is 4.98 Å². The molecule has 0 saturated carbocycles. The molecular weight excluding hydrogens is 350 g/mol. The van der Waals surface area contributed by atoms with Crippen LogP contribution in [0.5, 0.6) is 0 Å². The van der Waals surface area contributed by atoms with E-state index in [0.717, 1.165) is 36.2 Å². The third-order valence-corrected chi connectivity index (χ3v) is 5.94. The van der Waals surface area contributed by atoms with E-state index in [1.807, 2.05) is 47.7 Å². The summed E-state index contributed by atoms with van der Waals surface area (Å²) in [6, 6.07) is 7.62. The van der Waals surface area contributed by atoms with E-state index < -0.39 is 0 Å². The van der Waals surface area contributed by atoms with Crippen LogP contribution in [0.15, 0.2) is 40.7 Å². The normalized spacial score (nSPS) is 16.4. The maximum Gasteiger partial charge on any atom is 0.235 e. The molecule has 3 rings (SSSR count). The summed E-state index contributed by atoms with van der Waals surface area (Å²) in [5.41, 5.74) is 0. The standard InChI is InChI=1S/C16H18ClN3OS2/c1-12(23-14-4-2-13(17)3-5-14)15(21)19-7-9-20(10-8-19)16-18-6-11-22-16/h2-6,11-12H,7-10H2,1H3/t12-/m1/s1. The van der Waals surface area contributed by atoms with Crippen LogP contribution in [-0.4, -0.2) is 47.2 Å². The van der Waals surface area contributed by atoms with Crippen molar-refractivity contribution in [3.63, 3.8) is 0 Å². The highest BCUT2D eigenvalue weighted by atomic mass is 35.5. The molecule has 1 atom stereocenters. The summed E-state index contributed by atoms with van der Waals surface area (Å²) >= 11 is 9.12. The highest BCUT2D eigenvalue weighted by molar-refractivity contribution is 8.00. The summed E-state index contributed by atoms with van der Waals surface area (Å²) in [5.74, 6) is 0.198. The maximum atomic E-state index is 12.6. The lowest BCUT2D eigenvalue weighted by Gasteiger charge is -2.35. The molecule has 0 spiro atoms. The molecule has 7 heteroatoms. The molecule has 1 fully saturated rings. The number of piperazine rings is 1. The van der Waals surface area contributed by atoms with Gasteiger partial charge in [-0.3, -0.25) is 4.79 Å². The number of nitrogens with zero attached hydrogens (tertiary/aromatic N) is 3. The molecule has 0 aliphatic carbocycles. The molecule has 2 aromatic rings. The van der Waals surface area contributed by atoms with Crippen LogP contribution in [0.3, 0.4) is 0 Å². The van der Waals surface area contributed by atoms with Crippen molar-refractivity contribution >= 4 is 45.7 Å². The Labute approximate surface area is 149 Å². The van der Waals surface area contributed by atoms with E-state index in [-0.39, 0.29) is 11.2 Å². The highest BCUT2D eigenvalue weighted by Crippen LogP contribution is 2.26. The van der Waals surface area contributed by atoms with Crippen LogP contribution in [0.4, 0.5) is 5.13 Å². The molecular formula is C16H18ClN3OS2. The predicted octanol–water partition coefficient (Wildman–Crippen LogP) is 3.63. The summed E-state index contributed by atoms with van der Waals surface area (Å²) in [5, 5.41) is 3.65. The summed E-state index contributed by atoms with van der Waals surface area (Å²) in [6.45, 7) is 5.16. The molecule has 4 nitrogen and oxygen atoms in total. The van der Waals surface area contributed by atoms with Gasteiger partial charge in [0.05, 0.1) is 5.25 Å². The largest absolute Gasteiger partial charge is 0.345 e. The molecule has 0 radical (unpaired) electrons. The van der Waals surface area contributed by atoms with Gasteiger partial charge in [0.1, 0.15) is 0 Å². The van der Waals surface area contributed by atoms with Gasteiger partial charge in [-0.15, -0.1) is 23.1 Å². The van der Waals surface area contributed by atoms with Crippen LogP contribution in [0, 0.1) is 0 Å². The number of hydrogen-bond acceptors (Lipinski definition) is 5. The average Bonchev–Trinajstić information content (AvgIpc) is 3.11. The number of thioether (sulfide) groups is 1. The van der Waals surface area contributed by atoms with Crippen LogP contribution in [0.2, 0.25) is 5.02 Å². The van der Waals surface area contributed by atoms with E-state index in [1.54, 1.807) is 23.1 Å². The van der Waals surface area contributed by atoms with Gasteiger partial charge in [0.2, 0.25) is 5.91 Å². The van der Waals surface area contributed by atoms with Gasteiger partial charge >= 0.3 is 0 Å². The van der Waals surface area contributed by atoms with Gasteiger partial charge in [-0.2, -0.15) is 0 Å². The number of carbonyl (C=O) groups excluding carboxylic acids is 1. The Balaban J connectivity index is 1.53. The smallest absolute Gasteiger partial charge is 0.235 e. The fraction of sp³-hybridized carbons (Fsp3) is 0.375. The minimum absolute atomic E-state index is 0.0948. The number of anilines is 1. The van der Waals surface area contributed by atoms with Gasteiger partial charge in [-0.1, -0.05) is 11.6 Å². The van der Waals surface area contributed by atoms with Crippen LogP contribution < -0.4 is 4.90 Å². The van der Waals surface area contributed by atoms with Gasteiger partial charge in [0, 0.05) is 47.7 Å². The Morgan fingerprint density at radius 3 is 2.57 bits per heavy atom. The second-order valence-electron chi connectivity index (χ2n) is 5.34. The van der Waals surface area contributed by atoms with Crippen molar-refractivity contribution in [2.45, 2.75) is 17.1 Å². The number of carbonyl (C=O) groups is 1. The summed E-state index contributed by atoms with van der Waals surface area (Å²) in [7, 11) is 0.